The van der Waals surface area contributed by atoms with Gasteiger partial charge in [0.25, 0.3) is 6.71 Å². The molecule has 4 heterocycles. The highest BCUT2D eigenvalue weighted by Gasteiger charge is 2.48. The predicted molar refractivity (Wildman–Crippen MR) is 262 cm³/mol. The van der Waals surface area contributed by atoms with Crippen molar-refractivity contribution in [3.05, 3.63) is 151 Å². The fraction of sp³-hybridized carbons (Fsp3) is 0.222. The Bertz CT molecular complexity index is 2930. The Morgan fingerprint density at radius 1 is 0.475 bits per heavy atom. The molecule has 5 aliphatic rings. The molecule has 0 fully saturated rings. The smallest absolute Gasteiger partial charge is 0.260 e. The quantitative estimate of drug-likeness (QED) is 0.162. The van der Waals surface area contributed by atoms with Gasteiger partial charge in [-0.2, -0.15) is 0 Å². The first-order valence-corrected chi connectivity index (χ1v) is 28.1. The molecule has 0 spiro atoms. The highest BCUT2D eigenvalue weighted by Crippen LogP contribution is 2.53. The third-order valence-electron chi connectivity index (χ3n) is 15.2. The van der Waals surface area contributed by atoms with E-state index in [1.165, 1.54) is 65.5 Å². The van der Waals surface area contributed by atoms with Gasteiger partial charge in [-0.15, -0.1) is 0 Å². The largest absolute Gasteiger partial charge is 0.458 e. The third kappa shape index (κ3) is 5.05. The van der Waals surface area contributed by atoms with Crippen molar-refractivity contribution in [3.8, 4) is 23.0 Å². The molecule has 1 aliphatic carbocycles. The van der Waals surface area contributed by atoms with Gasteiger partial charge in [-0.05, 0) is 103 Å². The van der Waals surface area contributed by atoms with Crippen molar-refractivity contribution in [1.82, 2.24) is 0 Å². The van der Waals surface area contributed by atoms with Crippen LogP contribution in [0.2, 0.25) is 26.2 Å². The van der Waals surface area contributed by atoms with Crippen LogP contribution in [0.4, 0.5) is 34.1 Å². The van der Waals surface area contributed by atoms with Crippen molar-refractivity contribution < 1.29 is 9.47 Å². The molecule has 4 aliphatic heterocycles. The second-order valence-corrected chi connectivity index (χ2v) is 29.0. The molecule has 0 aromatic heterocycles. The molecule has 0 saturated heterocycles. The minimum atomic E-state index is -1.94. The first-order chi connectivity index (χ1) is 29.3. The zero-order valence-electron chi connectivity index (χ0n) is 36.5. The average Bonchev–Trinajstić information content (AvgIpc) is 3.25. The van der Waals surface area contributed by atoms with E-state index in [-0.39, 0.29) is 17.5 Å². The lowest BCUT2D eigenvalue weighted by Crippen LogP contribution is -2.59. The number of para-hydroxylation sites is 4. The lowest BCUT2D eigenvalue weighted by Gasteiger charge is -2.46. The summed E-state index contributed by atoms with van der Waals surface area (Å²) < 4.78 is 14.7. The first-order valence-electron chi connectivity index (χ1n) is 22.1. The molecule has 0 bridgehead atoms. The van der Waals surface area contributed by atoms with Gasteiger partial charge in [-0.25, -0.2) is 0 Å². The zero-order valence-corrected chi connectivity index (χ0v) is 38.5. The predicted octanol–water partition coefficient (Wildman–Crippen LogP) is 9.97. The van der Waals surface area contributed by atoms with Crippen LogP contribution < -0.4 is 56.4 Å². The standard InChI is InChI=1S/C54H51BN2O2Si2/c1-53(2)29-30-54(3,4)50-36(53)33-45-51-52(50)59-44-32-35(57-41-19-11-15-23-48(41)61(7,8)49-24-16-12-20-42(49)57)26-28-38(44)55(51)37-27-25-34(31-43(37)58-45)56-39-17-9-13-21-46(39)60(5,6)47-22-14-10-18-40(47)56/h9-28,31-33H,29-30H2,1-8H3. The van der Waals surface area contributed by atoms with Crippen LogP contribution >= 0.6 is 0 Å². The Morgan fingerprint density at radius 2 is 0.885 bits per heavy atom. The Kier molecular flexibility index (Phi) is 7.54. The summed E-state index contributed by atoms with van der Waals surface area (Å²) in [6, 6.07) is 52.5. The van der Waals surface area contributed by atoms with E-state index >= 15 is 0 Å². The lowest BCUT2D eigenvalue weighted by molar-refractivity contribution is 0.318. The summed E-state index contributed by atoms with van der Waals surface area (Å²) in [6.07, 6.45) is 2.21. The molecule has 0 radical (unpaired) electrons. The van der Waals surface area contributed by atoms with E-state index in [1.54, 1.807) is 0 Å². The molecule has 7 aromatic rings. The van der Waals surface area contributed by atoms with Crippen LogP contribution in [0.15, 0.2) is 140 Å². The maximum absolute atomic E-state index is 7.43. The van der Waals surface area contributed by atoms with Crippen LogP contribution in [0, 0.1) is 0 Å². The summed E-state index contributed by atoms with van der Waals surface area (Å²) in [5, 5.41) is 5.83. The van der Waals surface area contributed by atoms with E-state index in [4.69, 9.17) is 9.47 Å². The molecule has 0 saturated carbocycles. The van der Waals surface area contributed by atoms with Crippen molar-refractivity contribution in [1.29, 1.82) is 0 Å². The third-order valence-corrected chi connectivity index (χ3v) is 22.3. The number of hydrogen-bond donors (Lipinski definition) is 0. The second-order valence-electron chi connectivity index (χ2n) is 20.4. The van der Waals surface area contributed by atoms with Gasteiger partial charge >= 0.3 is 0 Å². The molecule has 4 nitrogen and oxygen atoms in total. The van der Waals surface area contributed by atoms with Crippen molar-refractivity contribution >= 4 is 94.1 Å². The highest BCUT2D eigenvalue weighted by molar-refractivity contribution is 7.03. The molecule has 7 heteroatoms. The van der Waals surface area contributed by atoms with Gasteiger partial charge < -0.3 is 19.3 Å². The molecule has 0 atom stereocenters. The Morgan fingerprint density at radius 3 is 1.34 bits per heavy atom. The van der Waals surface area contributed by atoms with Crippen LogP contribution in [0.5, 0.6) is 23.0 Å². The number of fused-ring (bicyclic) bond motifs is 10. The topological polar surface area (TPSA) is 24.9 Å². The average molecular weight is 827 g/mol. The van der Waals surface area contributed by atoms with Gasteiger partial charge in [-0.3, -0.25) is 0 Å². The van der Waals surface area contributed by atoms with Crippen LogP contribution in [0.1, 0.15) is 51.7 Å². The summed E-state index contributed by atoms with van der Waals surface area (Å²) in [5.74, 6) is 3.75. The minimum absolute atomic E-state index is 0.0291. The molecular formula is C54H51BN2O2Si2. The van der Waals surface area contributed by atoms with Gasteiger partial charge in [0, 0.05) is 57.3 Å². The molecule has 0 N–H and O–H groups in total. The van der Waals surface area contributed by atoms with Crippen molar-refractivity contribution in [3.63, 3.8) is 0 Å². The van der Waals surface area contributed by atoms with E-state index in [0.29, 0.717) is 0 Å². The van der Waals surface area contributed by atoms with E-state index < -0.39 is 16.1 Å². The summed E-state index contributed by atoms with van der Waals surface area (Å²) in [5.41, 5.74) is 13.4. The van der Waals surface area contributed by atoms with Gasteiger partial charge in [-0.1, -0.05) is 139 Å². The first kappa shape index (κ1) is 37.0. The number of nitrogens with zero attached hydrogens (tertiary/aromatic N) is 2. The van der Waals surface area contributed by atoms with Crippen LogP contribution in [0.3, 0.4) is 0 Å². The van der Waals surface area contributed by atoms with Crippen molar-refractivity contribution in [2.24, 2.45) is 0 Å². The fourth-order valence-corrected chi connectivity index (χ4v) is 17.8. The minimum Gasteiger partial charge on any atom is -0.458 e. The lowest BCUT2D eigenvalue weighted by atomic mass is 9.34. The number of rotatable bonds is 2. The van der Waals surface area contributed by atoms with Gasteiger partial charge in [0.2, 0.25) is 0 Å². The molecule has 12 rings (SSSR count). The molecule has 7 aromatic carbocycles. The summed E-state index contributed by atoms with van der Waals surface area (Å²) in [7, 11) is -3.87. The van der Waals surface area contributed by atoms with Crippen molar-refractivity contribution in [2.75, 3.05) is 9.80 Å². The fourth-order valence-electron chi connectivity index (χ4n) is 11.8. The Labute approximate surface area is 362 Å². The zero-order chi connectivity index (χ0) is 41.8. The summed E-state index contributed by atoms with van der Waals surface area (Å²) in [4.78, 5) is 4.94. The SMILES string of the molecule is CC1(C)CCC(C)(C)c2c1cc1c3c2Oc2cc(N4c5ccccc5[Si](C)(C)c5ccccc54)ccc2B3c2ccc(N3c4ccccc4[Si](C)(C)c4ccccc43)cc2O1. The van der Waals surface area contributed by atoms with E-state index in [0.717, 1.165) is 52.7 Å². The van der Waals surface area contributed by atoms with Crippen LogP contribution in [0.25, 0.3) is 0 Å². The molecule has 0 amide bonds. The molecule has 0 unspecified atom stereocenters. The van der Waals surface area contributed by atoms with E-state index in [2.05, 4.69) is 203 Å². The maximum Gasteiger partial charge on any atom is 0.260 e. The van der Waals surface area contributed by atoms with Gasteiger partial charge in [0.1, 0.15) is 39.1 Å². The maximum atomic E-state index is 7.43. The van der Waals surface area contributed by atoms with E-state index in [1.807, 2.05) is 0 Å². The number of benzene rings is 7. The highest BCUT2D eigenvalue weighted by atomic mass is 28.3. The van der Waals surface area contributed by atoms with Crippen LogP contribution in [-0.2, 0) is 10.8 Å². The Balaban J connectivity index is 1.07. The molecule has 61 heavy (non-hydrogen) atoms. The van der Waals surface area contributed by atoms with Gasteiger partial charge in [0.05, 0.1) is 0 Å². The van der Waals surface area contributed by atoms with Crippen molar-refractivity contribution in [2.45, 2.75) is 77.6 Å². The Hall–Kier alpha value is -5.76. The number of hydrogen-bond acceptors (Lipinski definition) is 4. The molecular weight excluding hydrogens is 776 g/mol. The second kappa shape index (κ2) is 12.4. The molecule has 300 valence electrons. The monoisotopic (exact) mass is 826 g/mol. The van der Waals surface area contributed by atoms with Gasteiger partial charge in [0.15, 0.2) is 0 Å². The summed E-state index contributed by atoms with van der Waals surface area (Å²) >= 11 is 0. The number of anilines is 6. The normalized spacial score (nSPS) is 18.4. The van der Waals surface area contributed by atoms with E-state index in [9.17, 15) is 0 Å². The number of ether oxygens (including phenoxy) is 2. The summed E-state index contributed by atoms with van der Waals surface area (Å²) in [6.45, 7) is 19.5. The van der Waals surface area contributed by atoms with Crippen LogP contribution in [-0.4, -0.2) is 22.9 Å².